The first-order valence-electron chi connectivity index (χ1n) is 25.9. The number of hydrogen-bond acceptors (Lipinski definition) is 5. The number of thiophene rings is 2. The molecule has 14 rings (SSSR count). The van der Waals surface area contributed by atoms with Gasteiger partial charge in [0, 0.05) is 75.2 Å². The van der Waals surface area contributed by atoms with Crippen molar-refractivity contribution in [3.05, 3.63) is 174 Å². The van der Waals surface area contributed by atoms with E-state index in [2.05, 4.69) is 229 Å². The maximum absolute atomic E-state index is 2.80. The number of hydrogen-bond donors (Lipinski definition) is 0. The van der Waals surface area contributed by atoms with Gasteiger partial charge in [0.15, 0.2) is 0 Å². The molecule has 0 N–H and O–H groups in total. The van der Waals surface area contributed by atoms with Crippen molar-refractivity contribution in [3.63, 3.8) is 0 Å². The van der Waals surface area contributed by atoms with Crippen molar-refractivity contribution >= 4 is 132 Å². The molecule has 2 unspecified atom stereocenters. The molecule has 71 heavy (non-hydrogen) atoms. The minimum Gasteiger partial charge on any atom is -0.334 e. The lowest BCUT2D eigenvalue weighted by Gasteiger charge is -2.50. The predicted molar refractivity (Wildman–Crippen MR) is 311 cm³/mol. The summed E-state index contributed by atoms with van der Waals surface area (Å²) in [6.07, 6.45) is 4.86. The normalized spacial score (nSPS) is 19.4. The molecule has 350 valence electrons. The highest BCUT2D eigenvalue weighted by atomic mass is 32.1. The van der Waals surface area contributed by atoms with Crippen LogP contribution in [0.2, 0.25) is 0 Å². The Bertz CT molecular complexity index is 3900. The van der Waals surface area contributed by atoms with Gasteiger partial charge in [-0.3, -0.25) is 0 Å². The molecule has 0 spiro atoms. The van der Waals surface area contributed by atoms with Crippen LogP contribution in [0.4, 0.5) is 45.5 Å². The van der Waals surface area contributed by atoms with Crippen LogP contribution in [0.5, 0.6) is 0 Å². The summed E-state index contributed by atoms with van der Waals surface area (Å²) in [5.41, 5.74) is 19.8. The summed E-state index contributed by atoms with van der Waals surface area (Å²) in [6, 6.07) is 59.5. The van der Waals surface area contributed by atoms with E-state index in [4.69, 9.17) is 0 Å². The minimum atomic E-state index is -0.0859. The molecule has 1 saturated carbocycles. The van der Waals surface area contributed by atoms with E-state index in [1.54, 1.807) is 0 Å². The molecule has 1 fully saturated rings. The number of aryl methyl sites for hydroxylation is 1. The van der Waals surface area contributed by atoms with Gasteiger partial charge in [-0.25, -0.2) is 0 Å². The SMILES string of the molecule is Cc1cc2c3c(c1)N(c1cccc4sc5ccccc5c14)c1ccc(C(C)(C)C)cc1B3c1ccc(N3c4ccc(C(C)(C)C)cc4C4(C)CCCCC34C)cc1N2c1cccc2c1sc1ccccc12. The maximum Gasteiger partial charge on any atom is 0.252 e. The third-order valence-electron chi connectivity index (χ3n) is 17.5. The molecule has 2 atom stereocenters. The van der Waals surface area contributed by atoms with Crippen LogP contribution in [0, 0.1) is 6.92 Å². The van der Waals surface area contributed by atoms with Gasteiger partial charge in [-0.2, -0.15) is 0 Å². The smallest absolute Gasteiger partial charge is 0.252 e. The lowest BCUT2D eigenvalue weighted by atomic mass is 9.33. The first-order chi connectivity index (χ1) is 34.1. The molecule has 0 radical (unpaired) electrons. The number of fused-ring (bicyclic) bond motifs is 13. The zero-order valence-electron chi connectivity index (χ0n) is 42.5. The summed E-state index contributed by atoms with van der Waals surface area (Å²) in [7, 11) is 0. The Hall–Kier alpha value is -6.34. The van der Waals surface area contributed by atoms with Crippen LogP contribution in [0.3, 0.4) is 0 Å². The summed E-state index contributed by atoms with van der Waals surface area (Å²) in [5, 5.41) is 5.28. The molecule has 5 heterocycles. The average molecular weight is 958 g/mol. The van der Waals surface area contributed by atoms with Crippen molar-refractivity contribution < 1.29 is 0 Å². The summed E-state index contributed by atoms with van der Waals surface area (Å²) in [4.78, 5) is 8.13. The fraction of sp³-hybridized carbons (Fsp3) is 0.262. The lowest BCUT2D eigenvalue weighted by Crippen LogP contribution is -2.61. The van der Waals surface area contributed by atoms with Gasteiger partial charge in [0.05, 0.1) is 21.6 Å². The molecule has 3 aliphatic heterocycles. The van der Waals surface area contributed by atoms with E-state index in [0.29, 0.717) is 0 Å². The average Bonchev–Trinajstić information content (AvgIpc) is 3.99. The molecule has 0 amide bonds. The molecule has 4 aliphatic rings. The van der Waals surface area contributed by atoms with E-state index in [1.807, 2.05) is 22.7 Å². The Kier molecular flexibility index (Phi) is 9.10. The van der Waals surface area contributed by atoms with Crippen LogP contribution in [-0.2, 0) is 16.2 Å². The van der Waals surface area contributed by atoms with E-state index < -0.39 is 0 Å². The molecule has 1 aliphatic carbocycles. The van der Waals surface area contributed by atoms with Crippen LogP contribution in [0.1, 0.15) is 103 Å². The second kappa shape index (κ2) is 14.9. The molecular formula is C65H60BN3S2. The van der Waals surface area contributed by atoms with Crippen molar-refractivity contribution in [1.29, 1.82) is 0 Å². The topological polar surface area (TPSA) is 9.72 Å². The van der Waals surface area contributed by atoms with Crippen molar-refractivity contribution in [3.8, 4) is 0 Å². The number of benzene rings is 8. The molecule has 3 nitrogen and oxygen atoms in total. The Morgan fingerprint density at radius 1 is 0.493 bits per heavy atom. The largest absolute Gasteiger partial charge is 0.334 e. The molecule has 0 saturated heterocycles. The molecule has 6 heteroatoms. The summed E-state index contributed by atoms with van der Waals surface area (Å²) >= 11 is 3.83. The first-order valence-corrected chi connectivity index (χ1v) is 27.5. The van der Waals surface area contributed by atoms with Crippen LogP contribution in [0.25, 0.3) is 40.3 Å². The lowest BCUT2D eigenvalue weighted by molar-refractivity contribution is 0.195. The Labute approximate surface area is 427 Å². The third-order valence-corrected chi connectivity index (χ3v) is 19.9. The summed E-state index contributed by atoms with van der Waals surface area (Å²) in [6.45, 7) is 21.7. The van der Waals surface area contributed by atoms with Crippen molar-refractivity contribution in [2.75, 3.05) is 14.7 Å². The van der Waals surface area contributed by atoms with E-state index in [1.165, 1.54) is 144 Å². The molecular weight excluding hydrogens is 898 g/mol. The number of rotatable bonds is 3. The second-order valence-electron chi connectivity index (χ2n) is 23.7. The van der Waals surface area contributed by atoms with Crippen molar-refractivity contribution in [1.82, 2.24) is 0 Å². The first kappa shape index (κ1) is 43.5. The maximum atomic E-state index is 2.80. The van der Waals surface area contributed by atoms with E-state index >= 15 is 0 Å². The Balaban J connectivity index is 1.08. The number of nitrogens with zero attached hydrogens (tertiary/aromatic N) is 3. The standard InChI is InChI=1S/C65H60BN3S2/c1-39-34-54-60-55(35-39)68(52-22-16-20-44-43-18-10-12-23-56(43)71-61(44)52)53-38-42(69-49-30-26-40(62(2,3)4)36-46(49)64(8)32-14-15-33-65(64,69)9)28-29-47(53)66(60)48-37-41(63(5,6)7)27-31-50(48)67(54)51-21-17-25-58-59(51)45-19-11-13-24-57(45)70-58/h10-13,16-31,34-38H,14-15,32-33H2,1-9H3. The molecule has 2 aromatic heterocycles. The van der Waals surface area contributed by atoms with Gasteiger partial charge in [-0.15, -0.1) is 22.7 Å². The van der Waals surface area contributed by atoms with Crippen LogP contribution in [-0.4, -0.2) is 12.3 Å². The highest BCUT2D eigenvalue weighted by molar-refractivity contribution is 7.26. The molecule has 0 bridgehead atoms. The van der Waals surface area contributed by atoms with Crippen LogP contribution in [0.15, 0.2) is 152 Å². The number of anilines is 8. The van der Waals surface area contributed by atoms with Gasteiger partial charge in [-0.05, 0) is 143 Å². The van der Waals surface area contributed by atoms with Gasteiger partial charge in [0.1, 0.15) is 0 Å². The minimum absolute atomic E-state index is 0.00484. The van der Waals surface area contributed by atoms with Crippen molar-refractivity contribution in [2.45, 2.75) is 110 Å². The van der Waals surface area contributed by atoms with Gasteiger partial charge < -0.3 is 14.7 Å². The fourth-order valence-corrected chi connectivity index (χ4v) is 16.0. The summed E-state index contributed by atoms with van der Waals surface area (Å²) in [5.74, 6) is 0. The predicted octanol–water partition coefficient (Wildman–Crippen LogP) is 17.2. The van der Waals surface area contributed by atoms with Crippen LogP contribution < -0.4 is 31.1 Å². The quantitative estimate of drug-likeness (QED) is 0.163. The molecule has 8 aromatic carbocycles. The fourth-order valence-electron chi connectivity index (χ4n) is 13.7. The zero-order valence-corrected chi connectivity index (χ0v) is 44.1. The van der Waals surface area contributed by atoms with Gasteiger partial charge in [0.25, 0.3) is 6.71 Å². The Morgan fingerprint density at radius 3 is 1.87 bits per heavy atom. The molecule has 10 aromatic rings. The monoisotopic (exact) mass is 957 g/mol. The second-order valence-corrected chi connectivity index (χ2v) is 25.9. The van der Waals surface area contributed by atoms with Gasteiger partial charge in [0.2, 0.25) is 0 Å². The van der Waals surface area contributed by atoms with Gasteiger partial charge in [-0.1, -0.05) is 146 Å². The van der Waals surface area contributed by atoms with E-state index in [-0.39, 0.29) is 28.5 Å². The Morgan fingerprint density at radius 2 is 1.11 bits per heavy atom. The highest BCUT2D eigenvalue weighted by Gasteiger charge is 2.58. The van der Waals surface area contributed by atoms with Crippen LogP contribution >= 0.6 is 22.7 Å². The van der Waals surface area contributed by atoms with Crippen molar-refractivity contribution in [2.24, 2.45) is 0 Å². The third kappa shape index (κ3) is 6.01. The summed E-state index contributed by atoms with van der Waals surface area (Å²) < 4.78 is 5.29. The zero-order chi connectivity index (χ0) is 48.5. The highest BCUT2D eigenvalue weighted by Crippen LogP contribution is 2.62. The van der Waals surface area contributed by atoms with Gasteiger partial charge >= 0.3 is 0 Å². The van der Waals surface area contributed by atoms with E-state index in [9.17, 15) is 0 Å². The van der Waals surface area contributed by atoms with E-state index in [0.717, 1.165) is 6.42 Å².